The molecular formula is C40H66N6O13. The molecule has 0 aliphatic carbocycles. The summed E-state index contributed by atoms with van der Waals surface area (Å²) in [5.41, 5.74) is -1.94. The van der Waals surface area contributed by atoms with Crippen LogP contribution in [0.25, 0.3) is 0 Å². The van der Waals surface area contributed by atoms with E-state index in [9.17, 15) is 28.8 Å². The lowest BCUT2D eigenvalue weighted by molar-refractivity contribution is -0.142. The van der Waals surface area contributed by atoms with E-state index >= 15 is 0 Å². The van der Waals surface area contributed by atoms with Crippen molar-refractivity contribution in [2.75, 3.05) is 132 Å². The summed E-state index contributed by atoms with van der Waals surface area (Å²) >= 11 is 0. The van der Waals surface area contributed by atoms with E-state index in [-0.39, 0.29) is 167 Å². The SMILES string of the molecule is C=CC(=O)NCCOCC(COCCNC(=O)C=C)(COCCNC(=O)C=C)COCC(COCCNC(=O)C=C)(COCCNC(=O)C=C)COCCNC(=O)CC. The molecule has 0 heterocycles. The summed E-state index contributed by atoms with van der Waals surface area (Å²) in [4.78, 5) is 70.4. The summed E-state index contributed by atoms with van der Waals surface area (Å²) in [6.45, 7) is 21.3. The average molecular weight is 839 g/mol. The molecular weight excluding hydrogens is 772 g/mol. The van der Waals surface area contributed by atoms with Crippen molar-refractivity contribution in [2.45, 2.75) is 13.3 Å². The molecule has 0 aromatic heterocycles. The lowest BCUT2D eigenvalue weighted by Crippen LogP contribution is -2.47. The van der Waals surface area contributed by atoms with E-state index in [0.717, 1.165) is 30.4 Å². The lowest BCUT2D eigenvalue weighted by atomic mass is 9.90. The summed E-state index contributed by atoms with van der Waals surface area (Å²) in [6.07, 6.45) is 6.06. The third-order valence-electron chi connectivity index (χ3n) is 7.81. The quantitative estimate of drug-likeness (QED) is 0.0325. The van der Waals surface area contributed by atoms with Crippen molar-refractivity contribution in [1.29, 1.82) is 0 Å². The fraction of sp³-hybridized carbons (Fsp3) is 0.600. The molecule has 0 aromatic carbocycles. The molecule has 0 saturated carbocycles. The Morgan fingerprint density at radius 3 is 0.780 bits per heavy atom. The number of rotatable bonds is 40. The van der Waals surface area contributed by atoms with Gasteiger partial charge in [0.25, 0.3) is 0 Å². The van der Waals surface area contributed by atoms with Gasteiger partial charge >= 0.3 is 0 Å². The van der Waals surface area contributed by atoms with Crippen molar-refractivity contribution < 1.29 is 61.9 Å². The Hall–Kier alpha value is -4.76. The second kappa shape index (κ2) is 35.2. The zero-order chi connectivity index (χ0) is 44.0. The number of ether oxygens (including phenoxy) is 7. The van der Waals surface area contributed by atoms with Crippen LogP contribution in [0, 0.1) is 10.8 Å². The molecule has 334 valence electrons. The molecule has 0 bridgehead atoms. The fourth-order valence-corrected chi connectivity index (χ4v) is 4.70. The van der Waals surface area contributed by atoms with Crippen LogP contribution in [0.1, 0.15) is 13.3 Å². The van der Waals surface area contributed by atoms with Crippen molar-refractivity contribution in [1.82, 2.24) is 31.9 Å². The number of hydrogen-bond acceptors (Lipinski definition) is 13. The zero-order valence-corrected chi connectivity index (χ0v) is 34.6. The van der Waals surface area contributed by atoms with Crippen LogP contribution in [0.5, 0.6) is 0 Å². The molecule has 0 unspecified atom stereocenters. The van der Waals surface area contributed by atoms with E-state index in [1.807, 2.05) is 0 Å². The summed E-state index contributed by atoms with van der Waals surface area (Å²) in [5, 5.41) is 16.0. The van der Waals surface area contributed by atoms with E-state index < -0.39 is 10.8 Å². The number of carbonyl (C=O) groups excluding carboxylic acids is 6. The number of nitrogens with one attached hydrogen (secondary N) is 6. The third kappa shape index (κ3) is 29.2. The van der Waals surface area contributed by atoms with Crippen molar-refractivity contribution in [3.8, 4) is 0 Å². The first kappa shape index (κ1) is 54.2. The Kier molecular flexibility index (Phi) is 32.4. The van der Waals surface area contributed by atoms with E-state index in [1.165, 1.54) is 0 Å². The van der Waals surface area contributed by atoms with Crippen LogP contribution in [0.15, 0.2) is 63.3 Å². The number of hydrogen-bond donors (Lipinski definition) is 6. The van der Waals surface area contributed by atoms with Crippen molar-refractivity contribution >= 4 is 35.4 Å². The van der Waals surface area contributed by atoms with Crippen LogP contribution >= 0.6 is 0 Å². The number of amides is 6. The minimum Gasteiger partial charge on any atom is -0.380 e. The zero-order valence-electron chi connectivity index (χ0n) is 34.6. The van der Waals surface area contributed by atoms with E-state index in [4.69, 9.17) is 33.2 Å². The van der Waals surface area contributed by atoms with Gasteiger partial charge in [0.15, 0.2) is 0 Å². The van der Waals surface area contributed by atoms with Gasteiger partial charge in [-0.05, 0) is 30.4 Å². The van der Waals surface area contributed by atoms with Crippen LogP contribution in [-0.4, -0.2) is 167 Å². The lowest BCUT2D eigenvalue weighted by Gasteiger charge is -2.37. The summed E-state index contributed by atoms with van der Waals surface area (Å²) in [7, 11) is 0. The average Bonchev–Trinajstić information content (AvgIpc) is 3.24. The molecule has 59 heavy (non-hydrogen) atoms. The first-order chi connectivity index (χ1) is 28.4. The molecule has 0 rings (SSSR count). The van der Waals surface area contributed by atoms with Crippen LogP contribution in [0.2, 0.25) is 0 Å². The molecule has 19 nitrogen and oxygen atoms in total. The maximum absolute atomic E-state index is 11.8. The highest BCUT2D eigenvalue weighted by Gasteiger charge is 2.37. The van der Waals surface area contributed by atoms with Gasteiger partial charge in [0.1, 0.15) is 0 Å². The first-order valence-corrected chi connectivity index (χ1v) is 19.3. The van der Waals surface area contributed by atoms with E-state index in [0.29, 0.717) is 6.42 Å². The Morgan fingerprint density at radius 2 is 0.576 bits per heavy atom. The minimum atomic E-state index is -0.976. The summed E-state index contributed by atoms with van der Waals surface area (Å²) < 4.78 is 42.6. The van der Waals surface area contributed by atoms with Gasteiger partial charge in [0.05, 0.1) is 103 Å². The van der Waals surface area contributed by atoms with Gasteiger partial charge in [0.2, 0.25) is 35.4 Å². The molecule has 0 spiro atoms. The Bertz CT molecular complexity index is 1210. The molecule has 0 aliphatic rings. The van der Waals surface area contributed by atoms with Gasteiger partial charge < -0.3 is 65.1 Å². The molecule has 0 aromatic rings. The largest absolute Gasteiger partial charge is 0.380 e. The minimum absolute atomic E-state index is 0.00568. The first-order valence-electron chi connectivity index (χ1n) is 19.3. The van der Waals surface area contributed by atoms with Gasteiger partial charge in [-0.15, -0.1) is 0 Å². The number of carbonyl (C=O) groups is 6. The smallest absolute Gasteiger partial charge is 0.243 e. The molecule has 19 heteroatoms. The Labute approximate surface area is 348 Å². The van der Waals surface area contributed by atoms with E-state index in [2.05, 4.69) is 64.8 Å². The van der Waals surface area contributed by atoms with Crippen LogP contribution in [0.4, 0.5) is 0 Å². The Morgan fingerprint density at radius 1 is 0.373 bits per heavy atom. The molecule has 6 amide bonds. The van der Waals surface area contributed by atoms with Crippen LogP contribution in [-0.2, 0) is 61.9 Å². The normalized spacial score (nSPS) is 11.1. The van der Waals surface area contributed by atoms with Gasteiger partial charge in [-0.25, -0.2) is 0 Å². The highest BCUT2D eigenvalue weighted by Crippen LogP contribution is 2.25. The molecule has 0 saturated heterocycles. The maximum atomic E-state index is 11.8. The predicted molar refractivity (Wildman–Crippen MR) is 220 cm³/mol. The molecule has 6 N–H and O–H groups in total. The standard InChI is InChI=1S/C40H66N6O13/c1-7-33(47)41-13-19-53-25-39(26-54-20-14-42-34(48)8-2,27-55-21-15-43-35(49)9-3)31-59-32-40(28-56-22-16-44-36(50)10-4,29-57-23-17-45-37(51)11-5)30-58-24-18-46-38(52)12-6/h7-11H,1-5,12-32H2,6H3,(H,41,47)(H,42,48)(H,43,49)(H,44,50)(H,45,51)(H,46,52). The maximum Gasteiger partial charge on any atom is 0.243 e. The van der Waals surface area contributed by atoms with Gasteiger partial charge in [-0.3, -0.25) is 28.8 Å². The van der Waals surface area contributed by atoms with Gasteiger partial charge in [-0.2, -0.15) is 0 Å². The van der Waals surface area contributed by atoms with Crippen LogP contribution in [0.3, 0.4) is 0 Å². The third-order valence-corrected chi connectivity index (χ3v) is 7.81. The summed E-state index contributed by atoms with van der Waals surface area (Å²) in [6, 6.07) is 0. The molecule has 0 aliphatic heterocycles. The van der Waals surface area contributed by atoms with Crippen molar-refractivity contribution in [3.05, 3.63) is 63.3 Å². The molecule has 0 atom stereocenters. The monoisotopic (exact) mass is 838 g/mol. The topological polar surface area (TPSA) is 239 Å². The van der Waals surface area contributed by atoms with Gasteiger partial charge in [0, 0.05) is 45.7 Å². The van der Waals surface area contributed by atoms with Crippen LogP contribution < -0.4 is 31.9 Å². The summed E-state index contributed by atoms with van der Waals surface area (Å²) in [5.74, 6) is -1.93. The highest BCUT2D eigenvalue weighted by molar-refractivity contribution is 5.88. The highest BCUT2D eigenvalue weighted by atomic mass is 16.5. The molecule has 0 fully saturated rings. The van der Waals surface area contributed by atoms with Gasteiger partial charge in [-0.1, -0.05) is 39.8 Å². The Balaban J connectivity index is 6.42. The fourth-order valence-electron chi connectivity index (χ4n) is 4.70. The van der Waals surface area contributed by atoms with Crippen molar-refractivity contribution in [3.63, 3.8) is 0 Å². The van der Waals surface area contributed by atoms with Crippen molar-refractivity contribution in [2.24, 2.45) is 10.8 Å². The second-order valence-corrected chi connectivity index (χ2v) is 13.0. The van der Waals surface area contributed by atoms with E-state index in [1.54, 1.807) is 6.92 Å². The molecule has 0 radical (unpaired) electrons. The predicted octanol–water partition coefficient (Wildman–Crippen LogP) is -0.887. The second-order valence-electron chi connectivity index (χ2n) is 13.0.